The smallest absolute Gasteiger partial charge is 0.268 e. The number of amides is 2. The number of carbonyl (C=O) groups is 2. The van der Waals surface area contributed by atoms with Gasteiger partial charge in [0.25, 0.3) is 11.8 Å². The third-order valence-corrected chi connectivity index (χ3v) is 9.31. The van der Waals surface area contributed by atoms with E-state index in [4.69, 9.17) is 4.98 Å². The minimum Gasteiger partial charge on any atom is -0.389 e. The van der Waals surface area contributed by atoms with Crippen LogP contribution in [0.2, 0.25) is 0 Å². The van der Waals surface area contributed by atoms with Gasteiger partial charge in [-0.2, -0.15) is 9.65 Å². The van der Waals surface area contributed by atoms with Crippen molar-refractivity contribution in [3.8, 4) is 16.5 Å². The summed E-state index contributed by atoms with van der Waals surface area (Å²) in [5.41, 5.74) is 2.43. The highest BCUT2D eigenvalue weighted by atomic mass is 32.1. The minimum atomic E-state index is -0.847. The first-order valence-corrected chi connectivity index (χ1v) is 16.3. The minimum absolute atomic E-state index is 0.181. The molecule has 10 nitrogen and oxygen atoms in total. The van der Waals surface area contributed by atoms with Crippen LogP contribution in [0.1, 0.15) is 54.8 Å². The zero-order valence-corrected chi connectivity index (χ0v) is 26.6. The molecule has 0 spiro atoms. The Balaban J connectivity index is 1.28. The maximum absolute atomic E-state index is 13.7. The molecule has 238 valence electrons. The largest absolute Gasteiger partial charge is 0.389 e. The molecule has 1 aliphatic carbocycles. The monoisotopic (exact) mass is 641 g/mol. The van der Waals surface area contributed by atoms with Crippen LogP contribution in [-0.4, -0.2) is 61.1 Å². The summed E-state index contributed by atoms with van der Waals surface area (Å²) in [6.07, 6.45) is 6.78. The Morgan fingerprint density at radius 2 is 2.02 bits per heavy atom. The van der Waals surface area contributed by atoms with Crippen LogP contribution in [0.4, 0.5) is 10.3 Å². The topological polar surface area (TPSA) is 136 Å². The van der Waals surface area contributed by atoms with Gasteiger partial charge >= 0.3 is 0 Å². The molecule has 1 aromatic carbocycles. The van der Waals surface area contributed by atoms with E-state index in [-0.39, 0.29) is 23.4 Å². The quantitative estimate of drug-likeness (QED) is 0.115. The molecule has 3 aromatic heterocycles. The highest BCUT2D eigenvalue weighted by Crippen LogP contribution is 2.33. The molecular weight excluding hydrogens is 605 g/mol. The third-order valence-electron chi connectivity index (χ3n) is 8.17. The molecule has 4 heterocycles. The second kappa shape index (κ2) is 13.1. The summed E-state index contributed by atoms with van der Waals surface area (Å²) in [5.74, 6) is -0.537. The van der Waals surface area contributed by atoms with Crippen LogP contribution < -0.4 is 10.6 Å². The Kier molecular flexibility index (Phi) is 8.99. The maximum atomic E-state index is 13.7. The molecule has 1 aliphatic heterocycles. The van der Waals surface area contributed by atoms with Gasteiger partial charge in [0.05, 0.1) is 27.6 Å². The van der Waals surface area contributed by atoms with Crippen LogP contribution in [0.25, 0.3) is 21.5 Å². The highest BCUT2D eigenvalue weighted by Gasteiger charge is 2.33. The molecule has 3 N–H and O–H groups in total. The summed E-state index contributed by atoms with van der Waals surface area (Å²) in [7, 11) is 0. The highest BCUT2D eigenvalue weighted by molar-refractivity contribution is 7.17. The molecule has 6 rings (SSSR count). The van der Waals surface area contributed by atoms with Gasteiger partial charge in [0, 0.05) is 43.3 Å². The van der Waals surface area contributed by atoms with Crippen LogP contribution in [-0.2, 0) is 17.9 Å². The fourth-order valence-corrected chi connectivity index (χ4v) is 6.62. The first-order chi connectivity index (χ1) is 22.1. The van der Waals surface area contributed by atoms with Gasteiger partial charge in [0.1, 0.15) is 11.6 Å². The molecule has 2 amide bonds. The van der Waals surface area contributed by atoms with E-state index in [9.17, 15) is 24.3 Å². The molecule has 2 aliphatic rings. The predicted octanol–water partition coefficient (Wildman–Crippen LogP) is 5.26. The van der Waals surface area contributed by atoms with Gasteiger partial charge in [-0.15, -0.1) is 11.3 Å². The normalized spacial score (nSPS) is 17.0. The van der Waals surface area contributed by atoms with E-state index in [1.54, 1.807) is 43.0 Å². The summed E-state index contributed by atoms with van der Waals surface area (Å²) in [6.45, 7) is 5.38. The van der Waals surface area contributed by atoms with Gasteiger partial charge in [-0.3, -0.25) is 14.9 Å². The molecular formula is C34H36FN7O3S. The average Bonchev–Trinajstić information content (AvgIpc) is 3.37. The number of pyridine rings is 1. The van der Waals surface area contributed by atoms with Crippen molar-refractivity contribution in [1.29, 1.82) is 5.26 Å². The van der Waals surface area contributed by atoms with E-state index < -0.39 is 11.5 Å². The predicted molar refractivity (Wildman–Crippen MR) is 174 cm³/mol. The van der Waals surface area contributed by atoms with Gasteiger partial charge in [-0.25, -0.2) is 9.97 Å². The zero-order valence-electron chi connectivity index (χ0n) is 25.8. The van der Waals surface area contributed by atoms with Crippen LogP contribution >= 0.6 is 11.3 Å². The number of nitriles is 1. The number of aromatic nitrogens is 3. The first-order valence-electron chi connectivity index (χ1n) is 15.5. The van der Waals surface area contributed by atoms with E-state index in [0.717, 1.165) is 41.6 Å². The molecule has 0 radical (unpaired) electrons. The van der Waals surface area contributed by atoms with Crippen molar-refractivity contribution >= 4 is 40.1 Å². The number of aliphatic hydroxyl groups is 1. The molecule has 1 saturated carbocycles. The lowest BCUT2D eigenvalue weighted by Gasteiger charge is -2.26. The number of hydrogen-bond acceptors (Lipinski definition) is 8. The van der Waals surface area contributed by atoms with Crippen LogP contribution in [0.15, 0.2) is 60.3 Å². The number of hydrogen-bond donors (Lipinski definition) is 3. The van der Waals surface area contributed by atoms with Crippen molar-refractivity contribution in [2.24, 2.45) is 5.92 Å². The number of fused-ring (bicyclic) bond motifs is 1. The molecule has 12 heteroatoms. The molecule has 0 bridgehead atoms. The van der Waals surface area contributed by atoms with E-state index in [2.05, 4.69) is 21.7 Å². The molecule has 2 fully saturated rings. The number of imidazole rings is 1. The summed E-state index contributed by atoms with van der Waals surface area (Å²) in [6, 6.07) is 14.3. The van der Waals surface area contributed by atoms with Crippen molar-refractivity contribution < 1.29 is 19.1 Å². The van der Waals surface area contributed by atoms with Crippen molar-refractivity contribution in [2.75, 3.05) is 18.4 Å². The fraction of sp³-hybridized carbons (Fsp3) is 0.382. The number of carbonyl (C=O) groups excluding carboxylic acids is 2. The lowest BCUT2D eigenvalue weighted by atomic mass is 10.1. The summed E-state index contributed by atoms with van der Waals surface area (Å²) < 4.78 is 15.6. The van der Waals surface area contributed by atoms with Crippen molar-refractivity contribution in [2.45, 2.75) is 64.3 Å². The fourth-order valence-electron chi connectivity index (χ4n) is 5.73. The molecule has 1 atom stereocenters. The van der Waals surface area contributed by atoms with Gasteiger partial charge in [-0.1, -0.05) is 12.1 Å². The lowest BCUT2D eigenvalue weighted by Crippen LogP contribution is -2.39. The second-order valence-electron chi connectivity index (χ2n) is 12.6. The van der Waals surface area contributed by atoms with Crippen molar-refractivity contribution in [3.05, 3.63) is 76.7 Å². The molecule has 4 aromatic rings. The number of halogens is 1. The molecule has 1 saturated heterocycles. The Hall–Kier alpha value is -4.44. The van der Waals surface area contributed by atoms with Gasteiger partial charge in [-0.05, 0) is 86.9 Å². The molecule has 0 unspecified atom stereocenters. The SMILES string of the molecule is CC(C)(O)CNCc1ccc2c(c1)nc(NC(=O)c1ccc(-c3ccnc(F)c3)s1)n2C[C@H]1CCCN1C(=O)/C(C#N)=C\C1CC1. The van der Waals surface area contributed by atoms with Crippen molar-refractivity contribution in [3.63, 3.8) is 0 Å². The number of anilines is 1. The Bertz CT molecular complexity index is 1850. The Morgan fingerprint density at radius 3 is 2.76 bits per heavy atom. The van der Waals surface area contributed by atoms with E-state index in [1.165, 1.54) is 23.6 Å². The molecule has 46 heavy (non-hydrogen) atoms. The Morgan fingerprint density at radius 1 is 1.20 bits per heavy atom. The standard InChI is InChI=1S/C34H36FN7O3S/c1-34(2,45)20-37-18-22-7-8-27-26(15-22)39-33(40-31(43)29-10-9-28(46-29)23-11-12-38-30(35)16-23)42(27)19-25-4-3-13-41(25)32(44)24(17-36)14-21-5-6-21/h7-12,14-16,21,25,37,45H,3-6,13,18-20H2,1-2H3,(H,39,40,43)/b24-14-/t25-/m1/s1. The van der Waals surface area contributed by atoms with E-state index >= 15 is 0 Å². The van der Waals surface area contributed by atoms with Gasteiger partial charge in [0.2, 0.25) is 11.9 Å². The number of rotatable bonds is 11. The summed E-state index contributed by atoms with van der Waals surface area (Å²) in [5, 5.41) is 26.0. The number of thiophene rings is 1. The first kappa shape index (κ1) is 31.5. The number of nitrogens with one attached hydrogen (secondary N) is 2. The average molecular weight is 642 g/mol. The number of likely N-dealkylation sites (tertiary alicyclic amines) is 1. The van der Waals surface area contributed by atoms with Crippen LogP contribution in [0, 0.1) is 23.2 Å². The van der Waals surface area contributed by atoms with Crippen LogP contribution in [0.3, 0.4) is 0 Å². The van der Waals surface area contributed by atoms with Crippen molar-refractivity contribution in [1.82, 2.24) is 24.8 Å². The maximum Gasteiger partial charge on any atom is 0.268 e. The number of nitrogens with zero attached hydrogens (tertiary/aromatic N) is 5. The summed E-state index contributed by atoms with van der Waals surface area (Å²) >= 11 is 1.24. The van der Waals surface area contributed by atoms with Gasteiger partial charge < -0.3 is 19.9 Å². The van der Waals surface area contributed by atoms with E-state index in [1.807, 2.05) is 22.8 Å². The van der Waals surface area contributed by atoms with E-state index in [0.29, 0.717) is 54.0 Å². The van der Waals surface area contributed by atoms with Crippen LogP contribution in [0.5, 0.6) is 0 Å². The lowest BCUT2D eigenvalue weighted by molar-refractivity contribution is -0.127. The number of allylic oxidation sites excluding steroid dienone is 1. The Labute approximate surface area is 270 Å². The zero-order chi connectivity index (χ0) is 32.4. The summed E-state index contributed by atoms with van der Waals surface area (Å²) in [4.78, 5) is 38.3. The third kappa shape index (κ3) is 7.33. The number of benzene rings is 1. The van der Waals surface area contributed by atoms with Gasteiger partial charge in [0.15, 0.2) is 0 Å². The second-order valence-corrected chi connectivity index (χ2v) is 13.7.